The molecule has 1 aromatic carbocycles. The van der Waals surface area contributed by atoms with Crippen molar-refractivity contribution in [3.8, 4) is 6.07 Å². The molecule has 19 heavy (non-hydrogen) atoms. The van der Waals surface area contributed by atoms with Crippen LogP contribution in [-0.2, 0) is 0 Å². The second-order valence-electron chi connectivity index (χ2n) is 4.58. The van der Waals surface area contributed by atoms with Crippen LogP contribution in [0.1, 0.15) is 24.8 Å². The monoisotopic (exact) mass is 260 g/mol. The Labute approximate surface area is 111 Å². The zero-order valence-electron chi connectivity index (χ0n) is 10.6. The number of nitro benzene ring substituents is 1. The number of benzene rings is 1. The summed E-state index contributed by atoms with van der Waals surface area (Å²) >= 11 is 0. The highest BCUT2D eigenvalue weighted by molar-refractivity contribution is 5.68. The van der Waals surface area contributed by atoms with Crippen LogP contribution in [0.3, 0.4) is 0 Å². The predicted molar refractivity (Wildman–Crippen MR) is 71.9 cm³/mol. The number of nitrogens with one attached hydrogen (secondary N) is 2. The van der Waals surface area contributed by atoms with Gasteiger partial charge < -0.3 is 10.6 Å². The normalized spacial score (nSPS) is 17.9. The number of nitrogens with zero attached hydrogens (tertiary/aromatic N) is 2. The third kappa shape index (κ3) is 3.20. The molecular weight excluding hydrogens is 244 g/mol. The van der Waals surface area contributed by atoms with Crippen molar-refractivity contribution in [1.29, 1.82) is 5.26 Å². The summed E-state index contributed by atoms with van der Waals surface area (Å²) in [7, 11) is 0. The van der Waals surface area contributed by atoms with Gasteiger partial charge >= 0.3 is 5.69 Å². The molecule has 1 aliphatic heterocycles. The van der Waals surface area contributed by atoms with Crippen molar-refractivity contribution in [2.45, 2.75) is 25.3 Å². The molecule has 0 bridgehead atoms. The Balaban J connectivity index is 2.03. The largest absolute Gasteiger partial charge is 0.379 e. The van der Waals surface area contributed by atoms with Crippen LogP contribution in [-0.4, -0.2) is 24.1 Å². The van der Waals surface area contributed by atoms with Gasteiger partial charge in [0.15, 0.2) is 0 Å². The summed E-state index contributed by atoms with van der Waals surface area (Å²) in [6, 6.07) is 7.10. The number of rotatable bonds is 5. The molecule has 0 aliphatic carbocycles. The lowest BCUT2D eigenvalue weighted by Crippen LogP contribution is -2.24. The summed E-state index contributed by atoms with van der Waals surface area (Å²) in [6.45, 7) is 1.71. The van der Waals surface area contributed by atoms with Gasteiger partial charge in [-0.25, -0.2) is 0 Å². The van der Waals surface area contributed by atoms with E-state index in [2.05, 4.69) is 10.6 Å². The van der Waals surface area contributed by atoms with Gasteiger partial charge in [-0.2, -0.15) is 5.26 Å². The Morgan fingerprint density at radius 2 is 2.42 bits per heavy atom. The molecule has 100 valence electrons. The zero-order valence-corrected chi connectivity index (χ0v) is 10.6. The van der Waals surface area contributed by atoms with Gasteiger partial charge in [-0.1, -0.05) is 6.07 Å². The molecule has 1 aliphatic rings. The van der Waals surface area contributed by atoms with Gasteiger partial charge in [-0.3, -0.25) is 10.1 Å². The van der Waals surface area contributed by atoms with E-state index in [0.717, 1.165) is 19.4 Å². The Bertz CT molecular complexity index is 504. The molecule has 0 aromatic heterocycles. The molecule has 0 saturated carbocycles. The summed E-state index contributed by atoms with van der Waals surface area (Å²) in [5.41, 5.74) is 0.375. The minimum atomic E-state index is -0.505. The molecule has 0 spiro atoms. The molecular formula is C13H16N4O2. The highest BCUT2D eigenvalue weighted by Crippen LogP contribution is 2.28. The molecule has 2 rings (SSSR count). The lowest BCUT2D eigenvalue weighted by molar-refractivity contribution is -0.384. The third-order valence-corrected chi connectivity index (χ3v) is 3.31. The van der Waals surface area contributed by atoms with Gasteiger partial charge in [-0.15, -0.1) is 0 Å². The van der Waals surface area contributed by atoms with Crippen LogP contribution >= 0.6 is 0 Å². The van der Waals surface area contributed by atoms with E-state index in [1.54, 1.807) is 12.1 Å². The number of nitriles is 1. The Hall–Kier alpha value is -2.13. The van der Waals surface area contributed by atoms with Gasteiger partial charge in [0.1, 0.15) is 17.3 Å². The minimum Gasteiger partial charge on any atom is -0.379 e. The summed E-state index contributed by atoms with van der Waals surface area (Å²) in [5, 5.41) is 26.4. The lowest BCUT2D eigenvalue weighted by Gasteiger charge is -2.12. The first-order valence-electron chi connectivity index (χ1n) is 6.37. The number of anilines is 1. The quantitative estimate of drug-likeness (QED) is 0.624. The fourth-order valence-corrected chi connectivity index (χ4v) is 2.36. The van der Waals surface area contributed by atoms with Gasteiger partial charge in [-0.05, 0) is 37.9 Å². The van der Waals surface area contributed by atoms with E-state index in [1.807, 2.05) is 6.07 Å². The summed E-state index contributed by atoms with van der Waals surface area (Å²) < 4.78 is 0. The minimum absolute atomic E-state index is 0.0917. The maximum Gasteiger partial charge on any atom is 0.309 e. The topological polar surface area (TPSA) is 91.0 Å². The molecule has 2 N–H and O–H groups in total. The maximum absolute atomic E-state index is 11.0. The first-order valence-corrected chi connectivity index (χ1v) is 6.37. The van der Waals surface area contributed by atoms with Gasteiger partial charge in [0.05, 0.1) is 4.92 Å². The Morgan fingerprint density at radius 3 is 3.05 bits per heavy atom. The number of hydrogen-bond donors (Lipinski definition) is 2. The summed E-state index contributed by atoms with van der Waals surface area (Å²) in [5.74, 6) is 0. The number of hydrogen-bond acceptors (Lipinski definition) is 5. The third-order valence-electron chi connectivity index (χ3n) is 3.31. The van der Waals surface area contributed by atoms with Crippen molar-refractivity contribution in [3.63, 3.8) is 0 Å². The lowest BCUT2D eigenvalue weighted by atomic mass is 10.1. The smallest absolute Gasteiger partial charge is 0.309 e. The van der Waals surface area contributed by atoms with E-state index in [9.17, 15) is 10.1 Å². The number of nitro groups is 1. The molecule has 1 fully saturated rings. The second kappa shape index (κ2) is 6.16. The van der Waals surface area contributed by atoms with Crippen molar-refractivity contribution in [1.82, 2.24) is 5.32 Å². The summed E-state index contributed by atoms with van der Waals surface area (Å²) in [4.78, 5) is 10.5. The molecule has 0 radical (unpaired) electrons. The molecule has 0 unspecified atom stereocenters. The highest BCUT2D eigenvalue weighted by Gasteiger charge is 2.19. The molecule has 1 heterocycles. The van der Waals surface area contributed by atoms with Crippen LogP contribution < -0.4 is 10.6 Å². The van der Waals surface area contributed by atoms with E-state index in [-0.39, 0.29) is 11.3 Å². The van der Waals surface area contributed by atoms with E-state index < -0.39 is 4.92 Å². The molecule has 1 saturated heterocycles. The molecule has 0 amide bonds. The van der Waals surface area contributed by atoms with Crippen LogP contribution in [0, 0.1) is 21.4 Å². The van der Waals surface area contributed by atoms with E-state index >= 15 is 0 Å². The van der Waals surface area contributed by atoms with Crippen molar-refractivity contribution in [3.05, 3.63) is 33.9 Å². The van der Waals surface area contributed by atoms with Crippen LogP contribution in [0.2, 0.25) is 0 Å². The van der Waals surface area contributed by atoms with Crippen molar-refractivity contribution in [2.24, 2.45) is 0 Å². The predicted octanol–water partition coefficient (Wildman–Crippen LogP) is 2.02. The average molecular weight is 260 g/mol. The van der Waals surface area contributed by atoms with E-state index in [1.165, 1.54) is 12.5 Å². The van der Waals surface area contributed by atoms with Crippen LogP contribution in [0.15, 0.2) is 18.2 Å². The first-order chi connectivity index (χ1) is 9.22. The number of para-hydroxylation sites is 1. The SMILES string of the molecule is N#Cc1cccc(NCC[C@H]2CCCN2)c1[N+](=O)[O-]. The molecule has 6 heteroatoms. The molecule has 6 nitrogen and oxygen atoms in total. The highest BCUT2D eigenvalue weighted by atomic mass is 16.6. The Kier molecular flexibility index (Phi) is 4.31. The standard InChI is InChI=1S/C13H16N4O2/c14-9-10-3-1-5-12(13(10)17(18)19)16-8-6-11-4-2-7-15-11/h1,3,5,11,15-16H,2,4,6-8H2/t11-/m1/s1. The van der Waals surface area contributed by atoms with Gasteiger partial charge in [0, 0.05) is 12.6 Å². The molecule has 1 atom stereocenters. The fourth-order valence-electron chi connectivity index (χ4n) is 2.36. The van der Waals surface area contributed by atoms with Gasteiger partial charge in [0.25, 0.3) is 0 Å². The van der Waals surface area contributed by atoms with E-state index in [0.29, 0.717) is 18.3 Å². The fraction of sp³-hybridized carbons (Fsp3) is 0.462. The van der Waals surface area contributed by atoms with Gasteiger partial charge in [0.2, 0.25) is 0 Å². The van der Waals surface area contributed by atoms with Crippen molar-refractivity contribution < 1.29 is 4.92 Å². The maximum atomic E-state index is 11.0. The first kappa shape index (κ1) is 13.3. The Morgan fingerprint density at radius 1 is 1.58 bits per heavy atom. The zero-order chi connectivity index (χ0) is 13.7. The van der Waals surface area contributed by atoms with E-state index in [4.69, 9.17) is 5.26 Å². The molecule has 1 aromatic rings. The van der Waals surface area contributed by atoms with Crippen LogP contribution in [0.5, 0.6) is 0 Å². The van der Waals surface area contributed by atoms with Crippen molar-refractivity contribution in [2.75, 3.05) is 18.4 Å². The van der Waals surface area contributed by atoms with Crippen LogP contribution in [0.25, 0.3) is 0 Å². The van der Waals surface area contributed by atoms with Crippen LogP contribution in [0.4, 0.5) is 11.4 Å². The average Bonchev–Trinajstić information content (AvgIpc) is 2.91. The second-order valence-corrected chi connectivity index (χ2v) is 4.58. The van der Waals surface area contributed by atoms with Crippen molar-refractivity contribution >= 4 is 11.4 Å². The summed E-state index contributed by atoms with van der Waals surface area (Å²) in [6.07, 6.45) is 3.27.